The predicted molar refractivity (Wildman–Crippen MR) is 123 cm³/mol. The van der Waals surface area contributed by atoms with Crippen LogP contribution in [0.4, 0.5) is 9.93 Å². The maximum Gasteiger partial charge on any atom is 0.323 e. The fourth-order valence-electron chi connectivity index (χ4n) is 5.22. The van der Waals surface area contributed by atoms with Gasteiger partial charge in [-0.25, -0.2) is 9.78 Å². The Labute approximate surface area is 186 Å². The summed E-state index contributed by atoms with van der Waals surface area (Å²) in [4.78, 5) is 19.5. The lowest BCUT2D eigenvalue weighted by Gasteiger charge is -2.41. The zero-order valence-electron chi connectivity index (χ0n) is 17.8. The van der Waals surface area contributed by atoms with E-state index in [4.69, 9.17) is 15.5 Å². The second-order valence-electron chi connectivity index (χ2n) is 8.71. The molecular formula is C23H29N5O2S. The van der Waals surface area contributed by atoms with Crippen molar-refractivity contribution >= 4 is 34.0 Å². The SMILES string of the molecule is COC1=c2nc(NC(=O)N3CCC4(CCC[C@H]4N)CC3)sc2=C(c2ccccc2)CN1. The zero-order valence-corrected chi connectivity index (χ0v) is 18.6. The molecule has 2 aliphatic heterocycles. The minimum atomic E-state index is -0.0827. The highest BCUT2D eigenvalue weighted by molar-refractivity contribution is 7.13. The van der Waals surface area contributed by atoms with Crippen molar-refractivity contribution in [2.24, 2.45) is 11.1 Å². The molecule has 164 valence electrons. The van der Waals surface area contributed by atoms with E-state index in [-0.39, 0.29) is 17.5 Å². The number of benzene rings is 1. The number of nitrogens with zero attached hydrogens (tertiary/aromatic N) is 2. The van der Waals surface area contributed by atoms with Crippen LogP contribution in [0.1, 0.15) is 37.7 Å². The van der Waals surface area contributed by atoms with Crippen LogP contribution < -0.4 is 26.2 Å². The van der Waals surface area contributed by atoms with Gasteiger partial charge >= 0.3 is 6.03 Å². The molecule has 0 unspecified atom stereocenters. The Kier molecular flexibility index (Phi) is 5.35. The van der Waals surface area contributed by atoms with E-state index in [1.54, 1.807) is 7.11 Å². The molecule has 8 heteroatoms. The molecule has 5 rings (SSSR count). The number of fused-ring (bicyclic) bond motifs is 1. The molecule has 0 bridgehead atoms. The van der Waals surface area contributed by atoms with Gasteiger partial charge in [-0.05, 0) is 42.2 Å². The van der Waals surface area contributed by atoms with Crippen molar-refractivity contribution in [3.8, 4) is 0 Å². The van der Waals surface area contributed by atoms with Gasteiger partial charge < -0.3 is 20.7 Å². The number of likely N-dealkylation sites (tertiary alicyclic amines) is 1. The fraction of sp³-hybridized carbons (Fsp3) is 0.478. The smallest absolute Gasteiger partial charge is 0.323 e. The lowest BCUT2D eigenvalue weighted by Crippen LogP contribution is -2.49. The summed E-state index contributed by atoms with van der Waals surface area (Å²) < 4.78 is 6.54. The van der Waals surface area contributed by atoms with Crippen LogP contribution in [0, 0.1) is 5.41 Å². The molecule has 1 spiro atoms. The van der Waals surface area contributed by atoms with Gasteiger partial charge in [-0.3, -0.25) is 5.32 Å². The maximum absolute atomic E-state index is 13.0. The number of anilines is 1. The fourth-order valence-corrected chi connectivity index (χ4v) is 6.23. The zero-order chi connectivity index (χ0) is 21.4. The molecule has 1 aromatic heterocycles. The van der Waals surface area contributed by atoms with Crippen LogP contribution in [0.25, 0.3) is 11.5 Å². The summed E-state index contributed by atoms with van der Waals surface area (Å²) >= 11 is 1.50. The summed E-state index contributed by atoms with van der Waals surface area (Å²) in [5.41, 5.74) is 8.92. The second kappa shape index (κ2) is 8.16. The summed E-state index contributed by atoms with van der Waals surface area (Å²) in [5.74, 6) is 0.640. The molecule has 0 radical (unpaired) electrons. The van der Waals surface area contributed by atoms with Crippen LogP contribution in [0.5, 0.6) is 0 Å². The number of piperidine rings is 1. The highest BCUT2D eigenvalue weighted by Gasteiger charge is 2.43. The molecule has 1 saturated carbocycles. The van der Waals surface area contributed by atoms with Crippen molar-refractivity contribution in [3.05, 3.63) is 45.8 Å². The van der Waals surface area contributed by atoms with Gasteiger partial charge in [0.2, 0.25) is 5.88 Å². The van der Waals surface area contributed by atoms with Crippen molar-refractivity contribution in [2.45, 2.75) is 38.1 Å². The molecular weight excluding hydrogens is 410 g/mol. The first-order valence-electron chi connectivity index (χ1n) is 11.0. The van der Waals surface area contributed by atoms with Crippen LogP contribution in [0.15, 0.2) is 30.3 Å². The summed E-state index contributed by atoms with van der Waals surface area (Å²) in [7, 11) is 1.63. The molecule has 31 heavy (non-hydrogen) atoms. The minimum Gasteiger partial charge on any atom is -0.481 e. The third kappa shape index (κ3) is 3.68. The number of amides is 2. The summed E-state index contributed by atoms with van der Waals surface area (Å²) in [6.07, 6.45) is 5.51. The molecule has 1 atom stereocenters. The highest BCUT2D eigenvalue weighted by Crippen LogP contribution is 2.45. The van der Waals surface area contributed by atoms with Crippen molar-refractivity contribution in [1.82, 2.24) is 15.2 Å². The lowest BCUT2D eigenvalue weighted by molar-refractivity contribution is 0.114. The third-order valence-electron chi connectivity index (χ3n) is 7.11. The van der Waals surface area contributed by atoms with Gasteiger partial charge in [-0.15, -0.1) is 0 Å². The van der Waals surface area contributed by atoms with E-state index in [1.165, 1.54) is 24.2 Å². The van der Waals surface area contributed by atoms with Gasteiger partial charge in [-0.1, -0.05) is 48.1 Å². The molecule has 2 amide bonds. The van der Waals surface area contributed by atoms with Crippen molar-refractivity contribution in [3.63, 3.8) is 0 Å². The molecule has 2 fully saturated rings. The number of hydrogen-bond acceptors (Lipinski definition) is 6. The van der Waals surface area contributed by atoms with E-state index in [0.717, 1.165) is 53.4 Å². The molecule has 4 N–H and O–H groups in total. The van der Waals surface area contributed by atoms with Crippen LogP contribution in [0.3, 0.4) is 0 Å². The number of carbonyl (C=O) groups excluding carboxylic acids is 1. The Morgan fingerprint density at radius 1 is 1.29 bits per heavy atom. The number of nitrogens with two attached hydrogens (primary N) is 1. The van der Waals surface area contributed by atoms with E-state index >= 15 is 0 Å². The largest absolute Gasteiger partial charge is 0.481 e. The number of methoxy groups -OCH3 is 1. The van der Waals surface area contributed by atoms with Gasteiger partial charge in [0.25, 0.3) is 0 Å². The first kappa shape index (κ1) is 20.3. The molecule has 3 heterocycles. The maximum atomic E-state index is 13.0. The van der Waals surface area contributed by atoms with Gasteiger partial charge in [0.05, 0.1) is 11.6 Å². The van der Waals surface area contributed by atoms with Gasteiger partial charge in [0.15, 0.2) is 5.13 Å². The van der Waals surface area contributed by atoms with E-state index in [9.17, 15) is 4.79 Å². The van der Waals surface area contributed by atoms with Crippen LogP contribution in [-0.4, -0.2) is 48.7 Å². The average Bonchev–Trinajstić information content (AvgIpc) is 3.37. The van der Waals surface area contributed by atoms with E-state index in [2.05, 4.69) is 22.8 Å². The Hall–Kier alpha value is -2.58. The number of nitrogens with one attached hydrogen (secondary N) is 2. The van der Waals surface area contributed by atoms with E-state index in [1.807, 2.05) is 23.1 Å². The van der Waals surface area contributed by atoms with Crippen LogP contribution >= 0.6 is 11.3 Å². The Bertz CT molecular complexity index is 1090. The van der Waals surface area contributed by atoms with E-state index < -0.39 is 0 Å². The third-order valence-corrected chi connectivity index (χ3v) is 8.14. The second-order valence-corrected chi connectivity index (χ2v) is 9.71. The molecule has 1 aromatic carbocycles. The Balaban J connectivity index is 1.38. The van der Waals surface area contributed by atoms with Gasteiger partial charge in [0.1, 0.15) is 5.35 Å². The number of urea groups is 1. The minimum absolute atomic E-state index is 0.0827. The van der Waals surface area contributed by atoms with Crippen molar-refractivity contribution < 1.29 is 9.53 Å². The number of carbonyl (C=O) groups is 1. The van der Waals surface area contributed by atoms with E-state index in [0.29, 0.717) is 17.6 Å². The predicted octanol–water partition coefficient (Wildman–Crippen LogP) is 1.78. The average molecular weight is 440 g/mol. The lowest BCUT2D eigenvalue weighted by atomic mass is 9.74. The summed E-state index contributed by atoms with van der Waals surface area (Å²) in [6.45, 7) is 2.16. The van der Waals surface area contributed by atoms with Crippen molar-refractivity contribution in [2.75, 3.05) is 32.1 Å². The first-order chi connectivity index (χ1) is 15.1. The molecule has 1 saturated heterocycles. The Morgan fingerprint density at radius 3 is 2.74 bits per heavy atom. The van der Waals surface area contributed by atoms with Crippen LogP contribution in [0.2, 0.25) is 0 Å². The monoisotopic (exact) mass is 439 g/mol. The number of ether oxygens (including phenoxy) is 1. The number of thiazole rings is 1. The number of aromatic nitrogens is 1. The highest BCUT2D eigenvalue weighted by atomic mass is 32.1. The number of rotatable bonds is 3. The summed E-state index contributed by atoms with van der Waals surface area (Å²) in [5, 5.41) is 7.68. The Morgan fingerprint density at radius 2 is 2.06 bits per heavy atom. The van der Waals surface area contributed by atoms with Crippen LogP contribution in [-0.2, 0) is 4.74 Å². The van der Waals surface area contributed by atoms with Gasteiger partial charge in [-0.2, -0.15) is 0 Å². The quantitative estimate of drug-likeness (QED) is 0.678. The topological polar surface area (TPSA) is 92.5 Å². The standard InChI is InChI=1S/C23H29N5O2S/c1-30-20-18-19(16(14-25-20)15-6-3-2-4-7-15)31-21(26-18)27-22(29)28-12-10-23(11-13-28)9-5-8-17(23)24/h2-4,6-7,17,25H,5,8-14,24H2,1H3,(H,26,27,29)/t17-/m1/s1. The van der Waals surface area contributed by atoms with Gasteiger partial charge in [0, 0.05) is 25.7 Å². The number of hydrogen-bond donors (Lipinski definition) is 3. The normalized spacial score (nSPS) is 22.3. The molecule has 7 nitrogen and oxygen atoms in total. The molecule has 2 aromatic rings. The molecule has 3 aliphatic rings. The van der Waals surface area contributed by atoms with Crippen molar-refractivity contribution in [1.29, 1.82) is 0 Å². The molecule has 1 aliphatic carbocycles. The first-order valence-corrected chi connectivity index (χ1v) is 11.8. The summed E-state index contributed by atoms with van der Waals surface area (Å²) in [6, 6.07) is 10.4.